The predicted octanol–water partition coefficient (Wildman–Crippen LogP) is 4.22. The lowest BCUT2D eigenvalue weighted by molar-refractivity contribution is 0.264. The van der Waals surface area contributed by atoms with Crippen LogP contribution < -0.4 is 14.9 Å². The Hall–Kier alpha value is -3.80. The number of fused-ring (bicyclic) bond motifs is 3. The molecule has 48 heavy (non-hydrogen) atoms. The molecule has 3 saturated heterocycles. The molecule has 11 nitrogen and oxygen atoms in total. The highest BCUT2D eigenvalue weighted by atomic mass is 32.2. The molecular weight excluding hydrogens is 688 g/mol. The zero-order valence-electron chi connectivity index (χ0n) is 25.5. The number of nitrogens with zero attached hydrogens (tertiary/aromatic N) is 5. The van der Waals surface area contributed by atoms with Gasteiger partial charge in [-0.25, -0.2) is 45.0 Å². The molecule has 17 heteroatoms. The van der Waals surface area contributed by atoms with Gasteiger partial charge in [-0.2, -0.15) is 0 Å². The van der Waals surface area contributed by atoms with Crippen LogP contribution in [0.3, 0.4) is 0 Å². The van der Waals surface area contributed by atoms with Crippen LogP contribution in [0.15, 0.2) is 53.6 Å². The van der Waals surface area contributed by atoms with E-state index in [4.69, 9.17) is 9.97 Å². The van der Waals surface area contributed by atoms with Gasteiger partial charge in [-0.1, -0.05) is 23.5 Å². The van der Waals surface area contributed by atoms with Crippen molar-refractivity contribution < 1.29 is 30.0 Å². The Kier molecular flexibility index (Phi) is 7.46. The van der Waals surface area contributed by atoms with E-state index in [1.807, 2.05) is 4.72 Å². The lowest BCUT2D eigenvalue weighted by Gasteiger charge is -2.39. The largest absolute Gasteiger partial charge is 0.351 e. The highest BCUT2D eigenvalue weighted by Crippen LogP contribution is 2.49. The minimum absolute atomic E-state index is 0.0129. The molecule has 8 rings (SSSR count). The van der Waals surface area contributed by atoms with Crippen molar-refractivity contribution in [1.82, 2.24) is 19.9 Å². The average Bonchev–Trinajstić information content (AvgIpc) is 3.32. The van der Waals surface area contributed by atoms with Gasteiger partial charge in [-0.15, -0.1) is 0 Å². The summed E-state index contributed by atoms with van der Waals surface area (Å²) >= 11 is 1.35. The van der Waals surface area contributed by atoms with Crippen molar-refractivity contribution in [3.8, 4) is 21.8 Å². The lowest BCUT2D eigenvalue weighted by Crippen LogP contribution is -2.52. The summed E-state index contributed by atoms with van der Waals surface area (Å²) in [6.45, 7) is 1.69. The number of likely N-dealkylation sites (tertiary alicyclic amines) is 1. The summed E-state index contributed by atoms with van der Waals surface area (Å²) in [6, 6.07) is 8.77. The number of hydrogen-bond acceptors (Lipinski definition) is 11. The first-order valence-corrected chi connectivity index (χ1v) is 19.5. The quantitative estimate of drug-likeness (QED) is 0.273. The standard InChI is InChI=1S/C31H30F3N7O4S3/c1-40-12-16-8-9-17(13-40)41(16)31-38-27(18-4-2-7-23(25(18)34)39-48(44,45)29-21(32)5-3-6-22(29)33)28(46-31)24-10-11-35-30(36-24)37-26-19-14-47(42,43)15-20(19)26/h2-7,10-11,16-17,19-20,26,39H,8-9,12-15H2,1H3,(H,35,36,37)/t16?,17?,19-,20+,26?. The van der Waals surface area contributed by atoms with Crippen LogP contribution >= 0.6 is 11.3 Å². The summed E-state index contributed by atoms with van der Waals surface area (Å²) in [5, 5.41) is 3.94. The van der Waals surface area contributed by atoms with Crippen LogP contribution in [0.1, 0.15) is 12.8 Å². The third-order valence-corrected chi connectivity index (χ3v) is 13.9. The Labute approximate surface area is 279 Å². The third-order valence-electron chi connectivity index (χ3n) is 9.60. The summed E-state index contributed by atoms with van der Waals surface area (Å²) in [5.41, 5.74) is 0.141. The minimum atomic E-state index is -4.84. The van der Waals surface area contributed by atoms with Crippen molar-refractivity contribution in [2.45, 2.75) is 35.9 Å². The van der Waals surface area contributed by atoms with Crippen LogP contribution in [0.4, 0.5) is 29.9 Å². The SMILES string of the molecule is CN1CC2CCC(C1)N2c1nc(-c2cccc(NS(=O)(=O)c3c(F)cccc3F)c2F)c(-c2ccnc(NC3[C@H]4CS(=O)(=O)C[C@@H]34)n2)s1. The molecule has 2 aromatic heterocycles. The number of halogens is 3. The second kappa shape index (κ2) is 11.4. The zero-order valence-corrected chi connectivity index (χ0v) is 27.9. The van der Waals surface area contributed by atoms with Gasteiger partial charge in [-0.05, 0) is 62.1 Å². The van der Waals surface area contributed by atoms with E-state index in [-0.39, 0.29) is 52.7 Å². The molecule has 4 aliphatic rings. The van der Waals surface area contributed by atoms with Crippen LogP contribution in [0, 0.1) is 29.3 Å². The normalized spacial score (nSPS) is 26.0. The number of aromatic nitrogens is 3. The summed E-state index contributed by atoms with van der Waals surface area (Å²) in [6.07, 6.45) is 3.53. The summed E-state index contributed by atoms with van der Waals surface area (Å²) in [4.78, 5) is 17.9. The number of sulfone groups is 1. The van der Waals surface area contributed by atoms with Crippen LogP contribution in [0.2, 0.25) is 0 Å². The van der Waals surface area contributed by atoms with Crippen LogP contribution in [-0.4, -0.2) is 86.5 Å². The van der Waals surface area contributed by atoms with Gasteiger partial charge in [0.1, 0.15) is 11.6 Å². The molecule has 0 radical (unpaired) electrons. The van der Waals surface area contributed by atoms with Crippen molar-refractivity contribution in [3.05, 3.63) is 66.1 Å². The first-order valence-electron chi connectivity index (χ1n) is 15.4. The molecule has 5 heterocycles. The molecule has 0 spiro atoms. The van der Waals surface area contributed by atoms with Crippen molar-refractivity contribution in [1.29, 1.82) is 0 Å². The maximum absolute atomic E-state index is 16.4. The Morgan fingerprint density at radius 3 is 2.29 bits per heavy atom. The fourth-order valence-electron chi connectivity index (χ4n) is 7.40. The highest BCUT2D eigenvalue weighted by molar-refractivity contribution is 7.92. The van der Waals surface area contributed by atoms with Crippen molar-refractivity contribution >= 4 is 48.0 Å². The molecule has 3 aliphatic heterocycles. The number of anilines is 3. The van der Waals surface area contributed by atoms with Crippen molar-refractivity contribution in [3.63, 3.8) is 0 Å². The lowest BCUT2D eigenvalue weighted by atomic mass is 10.1. The number of piperazine rings is 1. The molecule has 1 saturated carbocycles. The smallest absolute Gasteiger partial charge is 0.267 e. The van der Waals surface area contributed by atoms with Gasteiger partial charge in [0.05, 0.1) is 33.5 Å². The van der Waals surface area contributed by atoms with Gasteiger partial charge >= 0.3 is 0 Å². The molecule has 2 N–H and O–H groups in total. The van der Waals surface area contributed by atoms with Gasteiger partial charge in [0.15, 0.2) is 25.7 Å². The average molecular weight is 718 g/mol. The van der Waals surface area contributed by atoms with Crippen LogP contribution in [0.25, 0.3) is 21.8 Å². The molecular formula is C31H30F3N7O4S3. The van der Waals surface area contributed by atoms with Crippen LogP contribution in [0.5, 0.6) is 0 Å². The number of sulfonamides is 1. The zero-order chi connectivity index (χ0) is 33.5. The summed E-state index contributed by atoms with van der Waals surface area (Å²) in [7, 11) is -5.79. The van der Waals surface area contributed by atoms with E-state index in [2.05, 4.69) is 27.1 Å². The molecule has 2 bridgehead atoms. The Balaban J connectivity index is 1.18. The predicted molar refractivity (Wildman–Crippen MR) is 176 cm³/mol. The maximum Gasteiger partial charge on any atom is 0.267 e. The first-order chi connectivity index (χ1) is 22.9. The van der Waals surface area contributed by atoms with Crippen LogP contribution in [-0.2, 0) is 19.9 Å². The molecule has 0 amide bonds. The van der Waals surface area contributed by atoms with Gasteiger partial charge in [0.25, 0.3) is 10.0 Å². The van der Waals surface area contributed by atoms with E-state index in [1.165, 1.54) is 29.5 Å². The molecule has 5 atom stereocenters. The van der Waals surface area contributed by atoms with E-state index in [9.17, 15) is 25.6 Å². The van der Waals surface area contributed by atoms with Gasteiger partial charge in [0.2, 0.25) is 5.95 Å². The van der Waals surface area contributed by atoms with E-state index < -0.39 is 47.9 Å². The van der Waals surface area contributed by atoms with Gasteiger partial charge in [0, 0.05) is 43.0 Å². The minimum Gasteiger partial charge on any atom is -0.351 e. The first kappa shape index (κ1) is 31.5. The molecule has 3 unspecified atom stereocenters. The Morgan fingerprint density at radius 2 is 1.60 bits per heavy atom. The number of benzene rings is 2. The topological polar surface area (TPSA) is 137 Å². The van der Waals surface area contributed by atoms with Gasteiger partial charge in [-0.3, -0.25) is 4.72 Å². The Bertz CT molecular complexity index is 2120. The van der Waals surface area contributed by atoms with Crippen molar-refractivity contribution in [2.24, 2.45) is 11.8 Å². The van der Waals surface area contributed by atoms with E-state index in [1.54, 1.807) is 12.3 Å². The van der Waals surface area contributed by atoms with E-state index in [0.717, 1.165) is 44.1 Å². The Morgan fingerprint density at radius 1 is 0.938 bits per heavy atom. The summed E-state index contributed by atoms with van der Waals surface area (Å²) in [5.74, 6) is -3.00. The number of likely N-dealkylation sites (N-methyl/N-ethyl adjacent to an activating group) is 1. The maximum atomic E-state index is 16.4. The molecule has 1 aliphatic carbocycles. The molecule has 4 fully saturated rings. The van der Waals surface area contributed by atoms with Gasteiger partial charge < -0.3 is 15.1 Å². The van der Waals surface area contributed by atoms with E-state index >= 15 is 4.39 Å². The fourth-order valence-corrected chi connectivity index (χ4v) is 12.0. The number of nitrogens with one attached hydrogen (secondary N) is 2. The number of hydrogen-bond donors (Lipinski definition) is 2. The molecule has 2 aromatic carbocycles. The number of thiazole rings is 1. The third kappa shape index (κ3) is 5.49. The summed E-state index contributed by atoms with van der Waals surface area (Å²) < 4.78 is 97.2. The number of rotatable bonds is 8. The molecule has 4 aromatic rings. The molecule has 252 valence electrons. The van der Waals surface area contributed by atoms with Crippen molar-refractivity contribution in [2.75, 3.05) is 46.6 Å². The second-order valence-corrected chi connectivity index (χ2v) is 17.6. The highest BCUT2D eigenvalue weighted by Gasteiger charge is 2.59. The fraction of sp³-hybridized carbons (Fsp3) is 0.387. The van der Waals surface area contributed by atoms with E-state index in [0.29, 0.717) is 21.7 Å². The second-order valence-electron chi connectivity index (χ2n) is 12.9. The monoisotopic (exact) mass is 717 g/mol.